The molecule has 7 heteroatoms. The van der Waals surface area contributed by atoms with E-state index in [0.717, 1.165) is 12.8 Å². The molecule has 0 radical (unpaired) electrons. The van der Waals surface area contributed by atoms with Gasteiger partial charge in [0, 0.05) is 6.54 Å². The minimum atomic E-state index is -0.468. The molecule has 3 rings (SSSR count). The third-order valence-electron chi connectivity index (χ3n) is 3.89. The molecule has 1 aromatic heterocycles. The van der Waals surface area contributed by atoms with Crippen LogP contribution in [0.25, 0.3) is 5.69 Å². The van der Waals surface area contributed by atoms with Gasteiger partial charge in [-0.1, -0.05) is 0 Å². The van der Waals surface area contributed by atoms with Crippen LogP contribution in [0.15, 0.2) is 35.1 Å². The number of nitrogens with zero attached hydrogens (tertiary/aromatic N) is 2. The van der Waals surface area contributed by atoms with Crippen LogP contribution in [-0.2, 0) is 0 Å². The van der Waals surface area contributed by atoms with Crippen LogP contribution >= 0.6 is 0 Å². The molecule has 1 aliphatic rings. The minimum Gasteiger partial charge on any atom is -0.497 e. The van der Waals surface area contributed by atoms with E-state index in [4.69, 9.17) is 9.47 Å². The van der Waals surface area contributed by atoms with Crippen LogP contribution < -0.4 is 20.2 Å². The highest BCUT2D eigenvalue weighted by Gasteiger charge is 2.23. The lowest BCUT2D eigenvalue weighted by Crippen LogP contribution is -2.32. The molecule has 1 aliphatic carbocycles. The molecule has 0 atom stereocenters. The predicted molar refractivity (Wildman–Crippen MR) is 88.0 cm³/mol. The van der Waals surface area contributed by atoms with Gasteiger partial charge in [0.05, 0.1) is 26.0 Å². The van der Waals surface area contributed by atoms with E-state index in [0.29, 0.717) is 23.9 Å². The number of benzene rings is 1. The molecule has 1 aromatic carbocycles. The van der Waals surface area contributed by atoms with Gasteiger partial charge in [0.1, 0.15) is 5.75 Å². The van der Waals surface area contributed by atoms with Crippen LogP contribution in [0.4, 0.5) is 0 Å². The summed E-state index contributed by atoms with van der Waals surface area (Å²) in [6, 6.07) is 8.33. The molecule has 0 aliphatic heterocycles. The monoisotopic (exact) mass is 329 g/mol. The van der Waals surface area contributed by atoms with Gasteiger partial charge >= 0.3 is 0 Å². The quantitative estimate of drug-likeness (QED) is 0.866. The van der Waals surface area contributed by atoms with Crippen molar-refractivity contribution in [1.29, 1.82) is 0 Å². The number of hydrogen-bond acceptors (Lipinski definition) is 5. The summed E-state index contributed by atoms with van der Waals surface area (Å²) in [7, 11) is 3.03. The first-order chi connectivity index (χ1) is 11.6. The largest absolute Gasteiger partial charge is 0.497 e. The zero-order chi connectivity index (χ0) is 17.1. The molecule has 1 saturated carbocycles. The second-order valence-corrected chi connectivity index (χ2v) is 5.66. The van der Waals surface area contributed by atoms with Crippen molar-refractivity contribution in [1.82, 2.24) is 15.1 Å². The smallest absolute Gasteiger partial charge is 0.275 e. The molecule has 24 heavy (non-hydrogen) atoms. The fraction of sp³-hybridized carbons (Fsp3) is 0.353. The topological polar surface area (TPSA) is 82.5 Å². The van der Waals surface area contributed by atoms with E-state index in [1.165, 1.54) is 17.9 Å². The van der Waals surface area contributed by atoms with Crippen molar-refractivity contribution >= 4 is 5.91 Å². The Labute approximate surface area is 139 Å². The molecular formula is C17H19N3O4. The molecule has 1 amide bonds. The molecule has 2 aromatic rings. The summed E-state index contributed by atoms with van der Waals surface area (Å²) in [6.45, 7) is 0.578. The first kappa shape index (κ1) is 16.0. The molecule has 1 fully saturated rings. The Morgan fingerprint density at radius 3 is 2.54 bits per heavy atom. The molecule has 1 N–H and O–H groups in total. The molecule has 0 saturated heterocycles. The summed E-state index contributed by atoms with van der Waals surface area (Å²) in [5.74, 6) is 1.01. The second-order valence-electron chi connectivity index (χ2n) is 5.66. The van der Waals surface area contributed by atoms with Gasteiger partial charge < -0.3 is 14.8 Å². The third kappa shape index (κ3) is 3.40. The predicted octanol–water partition coefficient (Wildman–Crippen LogP) is 1.39. The lowest BCUT2D eigenvalue weighted by atomic mass is 10.3. The van der Waals surface area contributed by atoms with E-state index in [2.05, 4.69) is 10.4 Å². The summed E-state index contributed by atoms with van der Waals surface area (Å²) < 4.78 is 11.8. The van der Waals surface area contributed by atoms with Crippen molar-refractivity contribution in [2.45, 2.75) is 12.8 Å². The number of hydrogen-bond donors (Lipinski definition) is 1. The highest BCUT2D eigenvalue weighted by Crippen LogP contribution is 2.27. The zero-order valence-corrected chi connectivity index (χ0v) is 13.6. The Bertz CT molecular complexity index is 794. The van der Waals surface area contributed by atoms with E-state index in [-0.39, 0.29) is 11.6 Å². The average molecular weight is 329 g/mol. The minimum absolute atomic E-state index is 0.146. The number of methoxy groups -OCH3 is 2. The molecule has 1 heterocycles. The maximum absolute atomic E-state index is 12.2. The number of nitrogens with one attached hydrogen (secondary N) is 1. The Morgan fingerprint density at radius 2 is 1.96 bits per heavy atom. The fourth-order valence-electron chi connectivity index (χ4n) is 2.29. The number of rotatable bonds is 6. The first-order valence-electron chi connectivity index (χ1n) is 7.73. The van der Waals surface area contributed by atoms with Crippen molar-refractivity contribution in [3.8, 4) is 17.3 Å². The van der Waals surface area contributed by atoms with E-state index in [1.54, 1.807) is 31.4 Å². The number of carbonyl (C=O) groups is 1. The molecule has 7 nitrogen and oxygen atoms in total. The van der Waals surface area contributed by atoms with Crippen molar-refractivity contribution < 1.29 is 14.3 Å². The molecular weight excluding hydrogens is 310 g/mol. The molecule has 0 bridgehead atoms. The first-order valence-corrected chi connectivity index (χ1v) is 7.73. The van der Waals surface area contributed by atoms with Gasteiger partial charge in [0.2, 0.25) is 11.3 Å². The molecule has 0 spiro atoms. The van der Waals surface area contributed by atoms with E-state index < -0.39 is 11.3 Å². The maximum atomic E-state index is 12.2. The van der Waals surface area contributed by atoms with Crippen LogP contribution in [0.3, 0.4) is 0 Å². The normalized spacial score (nSPS) is 13.4. The van der Waals surface area contributed by atoms with Gasteiger partial charge in [-0.15, -0.1) is 0 Å². The third-order valence-corrected chi connectivity index (χ3v) is 3.89. The Balaban J connectivity index is 1.95. The summed E-state index contributed by atoms with van der Waals surface area (Å²) in [5, 5.41) is 6.95. The highest BCUT2D eigenvalue weighted by molar-refractivity contribution is 5.92. The van der Waals surface area contributed by atoms with Crippen LogP contribution in [0.5, 0.6) is 11.6 Å². The van der Waals surface area contributed by atoms with Crippen molar-refractivity contribution in [2.24, 2.45) is 5.92 Å². The van der Waals surface area contributed by atoms with Crippen molar-refractivity contribution in [2.75, 3.05) is 20.8 Å². The maximum Gasteiger partial charge on any atom is 0.275 e. The van der Waals surface area contributed by atoms with Crippen LogP contribution in [0, 0.1) is 5.92 Å². The van der Waals surface area contributed by atoms with Crippen LogP contribution in [0.1, 0.15) is 23.3 Å². The number of aromatic nitrogens is 2. The van der Waals surface area contributed by atoms with Crippen molar-refractivity contribution in [3.63, 3.8) is 0 Å². The van der Waals surface area contributed by atoms with Crippen LogP contribution in [-0.4, -0.2) is 36.5 Å². The highest BCUT2D eigenvalue weighted by atomic mass is 16.5. The zero-order valence-electron chi connectivity index (χ0n) is 13.6. The number of carbonyl (C=O) groups excluding carboxylic acids is 1. The standard InChI is InChI=1S/C17H19N3O4/c1-23-13-7-5-12(6-8-13)20-15(24-2)9-14(21)16(19-20)17(22)18-10-11-3-4-11/h5-9,11H,3-4,10H2,1-2H3,(H,18,22). The number of ether oxygens (including phenoxy) is 2. The lowest BCUT2D eigenvalue weighted by molar-refractivity contribution is 0.0943. The summed E-state index contributed by atoms with van der Waals surface area (Å²) >= 11 is 0. The van der Waals surface area contributed by atoms with Gasteiger partial charge in [-0.3, -0.25) is 9.59 Å². The second kappa shape index (κ2) is 6.74. The van der Waals surface area contributed by atoms with E-state index in [9.17, 15) is 9.59 Å². The van der Waals surface area contributed by atoms with Gasteiger partial charge in [0.15, 0.2) is 5.69 Å². The summed E-state index contributed by atoms with van der Waals surface area (Å²) in [5.41, 5.74) is 0.0427. The Kier molecular flexibility index (Phi) is 4.50. The van der Waals surface area contributed by atoms with Gasteiger partial charge in [-0.2, -0.15) is 5.10 Å². The van der Waals surface area contributed by atoms with Gasteiger partial charge in [-0.25, -0.2) is 4.68 Å². The fourth-order valence-corrected chi connectivity index (χ4v) is 2.29. The average Bonchev–Trinajstić information content (AvgIpc) is 3.44. The summed E-state index contributed by atoms with van der Waals surface area (Å²) in [4.78, 5) is 24.4. The summed E-state index contributed by atoms with van der Waals surface area (Å²) in [6.07, 6.45) is 2.23. The van der Waals surface area contributed by atoms with Crippen LogP contribution in [0.2, 0.25) is 0 Å². The Hall–Kier alpha value is -2.83. The Morgan fingerprint density at radius 1 is 1.25 bits per heavy atom. The van der Waals surface area contributed by atoms with Gasteiger partial charge in [-0.05, 0) is 43.0 Å². The van der Waals surface area contributed by atoms with Gasteiger partial charge in [0.25, 0.3) is 5.91 Å². The van der Waals surface area contributed by atoms with Crippen molar-refractivity contribution in [3.05, 3.63) is 46.2 Å². The molecule has 0 unspecified atom stereocenters. The lowest BCUT2D eigenvalue weighted by Gasteiger charge is -2.13. The van der Waals surface area contributed by atoms with E-state index >= 15 is 0 Å². The number of amides is 1. The van der Waals surface area contributed by atoms with E-state index in [1.807, 2.05) is 0 Å². The SMILES string of the molecule is COc1ccc(-n2nc(C(=O)NCC3CC3)c(=O)cc2OC)cc1. The molecule has 126 valence electrons.